The largest absolute Gasteiger partial charge is 0.497 e. The van der Waals surface area contributed by atoms with Gasteiger partial charge in [-0.2, -0.15) is 0 Å². The van der Waals surface area contributed by atoms with Gasteiger partial charge >= 0.3 is 0 Å². The summed E-state index contributed by atoms with van der Waals surface area (Å²) in [6.07, 6.45) is 3.26. The molecule has 4 rings (SSSR count). The van der Waals surface area contributed by atoms with E-state index in [1.54, 1.807) is 31.6 Å². The standard InChI is InChI=1S/C23H19ClN4O2/c1-14(22(29)23-27-20-9-10-25-13-21(20)28-23)18-11-17(30-2)7-8-19(18)26-12-15-3-5-16(24)6-4-15/h3-11,13,26H,1,12H2,2H3,(H,27,28). The number of imidazole rings is 1. The van der Waals surface area contributed by atoms with E-state index in [0.29, 0.717) is 39.5 Å². The number of ketones is 1. The summed E-state index contributed by atoms with van der Waals surface area (Å²) >= 11 is 5.96. The van der Waals surface area contributed by atoms with Crippen LogP contribution in [0.25, 0.3) is 16.6 Å². The number of halogens is 1. The van der Waals surface area contributed by atoms with E-state index in [1.807, 2.05) is 36.4 Å². The second kappa shape index (κ2) is 8.39. The van der Waals surface area contributed by atoms with Crippen LogP contribution in [-0.4, -0.2) is 27.8 Å². The van der Waals surface area contributed by atoms with Crippen molar-refractivity contribution in [3.63, 3.8) is 0 Å². The number of hydrogen-bond acceptors (Lipinski definition) is 5. The number of Topliss-reactive ketones (excluding diaryl/α,β-unsaturated/α-hetero) is 1. The Labute approximate surface area is 178 Å². The Morgan fingerprint density at radius 1 is 1.20 bits per heavy atom. The topological polar surface area (TPSA) is 79.9 Å². The number of benzene rings is 2. The molecule has 0 spiro atoms. The second-order valence-electron chi connectivity index (χ2n) is 6.68. The first-order valence-corrected chi connectivity index (χ1v) is 9.63. The molecule has 0 aliphatic heterocycles. The van der Waals surface area contributed by atoms with Crippen LogP contribution in [0.15, 0.2) is 67.5 Å². The third-order valence-corrected chi connectivity index (χ3v) is 4.97. The summed E-state index contributed by atoms with van der Waals surface area (Å²) in [5, 5.41) is 4.05. The van der Waals surface area contributed by atoms with Crippen molar-refractivity contribution in [2.45, 2.75) is 6.54 Å². The highest BCUT2D eigenvalue weighted by molar-refractivity contribution is 6.30. The molecule has 2 N–H and O–H groups in total. The average molecular weight is 419 g/mol. The summed E-state index contributed by atoms with van der Waals surface area (Å²) in [7, 11) is 1.58. The quantitative estimate of drug-likeness (QED) is 0.321. The molecule has 0 saturated heterocycles. The van der Waals surface area contributed by atoms with Gasteiger partial charge in [-0.3, -0.25) is 9.78 Å². The Hall–Kier alpha value is -3.64. The highest BCUT2D eigenvalue weighted by Crippen LogP contribution is 2.30. The van der Waals surface area contributed by atoms with Gasteiger partial charge in [0.25, 0.3) is 0 Å². The summed E-state index contributed by atoms with van der Waals surface area (Å²) in [6.45, 7) is 4.60. The molecule has 0 fully saturated rings. The van der Waals surface area contributed by atoms with Crippen LogP contribution >= 0.6 is 11.6 Å². The van der Waals surface area contributed by atoms with Crippen LogP contribution < -0.4 is 10.1 Å². The number of nitrogens with one attached hydrogen (secondary N) is 2. The summed E-state index contributed by atoms with van der Waals surface area (Å²) in [5.41, 5.74) is 4.14. The highest BCUT2D eigenvalue weighted by Gasteiger charge is 2.19. The van der Waals surface area contributed by atoms with Crippen LogP contribution in [0.4, 0.5) is 5.69 Å². The van der Waals surface area contributed by atoms with E-state index in [-0.39, 0.29) is 11.6 Å². The fraction of sp³-hybridized carbons (Fsp3) is 0.0870. The minimum absolute atomic E-state index is 0.217. The highest BCUT2D eigenvalue weighted by atomic mass is 35.5. The first kappa shape index (κ1) is 19.7. The predicted molar refractivity (Wildman–Crippen MR) is 119 cm³/mol. The van der Waals surface area contributed by atoms with E-state index >= 15 is 0 Å². The molecular formula is C23H19ClN4O2. The lowest BCUT2D eigenvalue weighted by Crippen LogP contribution is -2.08. The van der Waals surface area contributed by atoms with Crippen LogP contribution in [0.5, 0.6) is 5.75 Å². The molecule has 0 radical (unpaired) electrons. The van der Waals surface area contributed by atoms with Gasteiger partial charge in [-0.1, -0.05) is 30.3 Å². The van der Waals surface area contributed by atoms with E-state index in [4.69, 9.17) is 16.3 Å². The number of H-pyrrole nitrogens is 1. The molecule has 2 aromatic heterocycles. The van der Waals surface area contributed by atoms with Crippen molar-refractivity contribution in [2.24, 2.45) is 0 Å². The molecule has 0 atom stereocenters. The van der Waals surface area contributed by atoms with Gasteiger partial charge in [-0.05, 0) is 42.0 Å². The number of allylic oxidation sites excluding steroid dienone is 1. The summed E-state index contributed by atoms with van der Waals surface area (Å²) in [4.78, 5) is 24.5. The minimum atomic E-state index is -0.297. The molecule has 4 aromatic rings. The molecule has 0 aliphatic rings. The molecule has 0 amide bonds. The van der Waals surface area contributed by atoms with Gasteiger partial charge in [-0.15, -0.1) is 0 Å². The number of fused-ring (bicyclic) bond motifs is 1. The molecule has 2 heterocycles. The number of aromatic nitrogens is 3. The number of carbonyl (C=O) groups is 1. The maximum absolute atomic E-state index is 13.1. The van der Waals surface area contributed by atoms with Crippen molar-refractivity contribution in [3.05, 3.63) is 89.5 Å². The second-order valence-corrected chi connectivity index (χ2v) is 7.11. The van der Waals surface area contributed by atoms with Gasteiger partial charge in [0.15, 0.2) is 5.82 Å². The first-order chi connectivity index (χ1) is 14.5. The third kappa shape index (κ3) is 4.04. The van der Waals surface area contributed by atoms with E-state index in [1.165, 1.54) is 0 Å². The van der Waals surface area contributed by atoms with Gasteiger partial charge < -0.3 is 15.0 Å². The third-order valence-electron chi connectivity index (χ3n) is 4.72. The zero-order valence-corrected chi connectivity index (χ0v) is 17.0. The Morgan fingerprint density at radius 3 is 2.73 bits per heavy atom. The van der Waals surface area contributed by atoms with Crippen molar-refractivity contribution in [1.29, 1.82) is 0 Å². The number of aromatic amines is 1. The van der Waals surface area contributed by atoms with Gasteiger partial charge in [0.1, 0.15) is 5.75 Å². The van der Waals surface area contributed by atoms with Crippen LogP contribution in [0.2, 0.25) is 5.02 Å². The van der Waals surface area contributed by atoms with E-state index in [2.05, 4.69) is 26.8 Å². The van der Waals surface area contributed by atoms with Crippen LogP contribution in [0.3, 0.4) is 0 Å². The van der Waals surface area contributed by atoms with Crippen molar-refractivity contribution in [1.82, 2.24) is 15.0 Å². The van der Waals surface area contributed by atoms with Crippen molar-refractivity contribution in [2.75, 3.05) is 12.4 Å². The number of rotatable bonds is 7. The predicted octanol–water partition coefficient (Wildman–Crippen LogP) is 5.13. The van der Waals surface area contributed by atoms with Crippen molar-refractivity contribution in [3.8, 4) is 5.75 Å². The maximum atomic E-state index is 13.1. The number of pyridine rings is 1. The van der Waals surface area contributed by atoms with Gasteiger partial charge in [0.2, 0.25) is 5.78 Å². The summed E-state index contributed by atoms with van der Waals surface area (Å²) < 4.78 is 5.34. The smallest absolute Gasteiger partial charge is 0.228 e. The Morgan fingerprint density at radius 2 is 2.00 bits per heavy atom. The van der Waals surface area contributed by atoms with E-state index < -0.39 is 0 Å². The Balaban J connectivity index is 1.62. The number of hydrogen-bond donors (Lipinski definition) is 2. The summed E-state index contributed by atoms with van der Waals surface area (Å²) in [6, 6.07) is 14.8. The molecule has 6 nitrogen and oxygen atoms in total. The normalized spacial score (nSPS) is 10.7. The minimum Gasteiger partial charge on any atom is -0.497 e. The molecular weight excluding hydrogens is 400 g/mol. The molecule has 150 valence electrons. The fourth-order valence-corrected chi connectivity index (χ4v) is 3.21. The fourth-order valence-electron chi connectivity index (χ4n) is 3.08. The van der Waals surface area contributed by atoms with Gasteiger partial charge in [0, 0.05) is 34.6 Å². The summed E-state index contributed by atoms with van der Waals surface area (Å²) in [5.74, 6) is 0.549. The van der Waals surface area contributed by atoms with Gasteiger partial charge in [0.05, 0.1) is 24.3 Å². The van der Waals surface area contributed by atoms with Crippen LogP contribution in [-0.2, 0) is 6.54 Å². The Kier molecular flexibility index (Phi) is 5.50. The lowest BCUT2D eigenvalue weighted by atomic mass is 10.0. The van der Waals surface area contributed by atoms with E-state index in [9.17, 15) is 4.79 Å². The number of carbonyl (C=O) groups excluding carboxylic acids is 1. The lowest BCUT2D eigenvalue weighted by Gasteiger charge is -2.15. The van der Waals surface area contributed by atoms with Crippen molar-refractivity contribution < 1.29 is 9.53 Å². The molecule has 0 bridgehead atoms. The van der Waals surface area contributed by atoms with Crippen molar-refractivity contribution >= 4 is 39.7 Å². The number of nitrogens with zero attached hydrogens (tertiary/aromatic N) is 2. The first-order valence-electron chi connectivity index (χ1n) is 9.25. The Bertz CT molecular complexity index is 1200. The molecule has 2 aromatic carbocycles. The molecule has 0 aliphatic carbocycles. The molecule has 30 heavy (non-hydrogen) atoms. The molecule has 7 heteroatoms. The van der Waals surface area contributed by atoms with Crippen LogP contribution in [0, 0.1) is 0 Å². The van der Waals surface area contributed by atoms with Gasteiger partial charge in [-0.25, -0.2) is 4.98 Å². The van der Waals surface area contributed by atoms with E-state index in [0.717, 1.165) is 11.3 Å². The van der Waals surface area contributed by atoms with Crippen LogP contribution in [0.1, 0.15) is 21.7 Å². The zero-order valence-electron chi connectivity index (χ0n) is 16.3. The molecule has 0 saturated carbocycles. The monoisotopic (exact) mass is 418 g/mol. The lowest BCUT2D eigenvalue weighted by molar-refractivity contribution is 0.104. The maximum Gasteiger partial charge on any atom is 0.228 e. The number of anilines is 1. The number of methoxy groups -OCH3 is 1. The SMILES string of the molecule is C=C(C(=O)c1nc2ccncc2[nH]1)c1cc(OC)ccc1NCc1ccc(Cl)cc1. The zero-order chi connectivity index (χ0) is 21.1. The molecule has 0 unspecified atom stereocenters. The number of ether oxygens (including phenoxy) is 1. The average Bonchev–Trinajstić information content (AvgIpc) is 3.22.